The lowest BCUT2D eigenvalue weighted by atomic mass is 9.92. The van der Waals surface area contributed by atoms with Gasteiger partial charge in [-0.2, -0.15) is 0 Å². The smallest absolute Gasteiger partial charge is 0.223 e. The Labute approximate surface area is 150 Å². The summed E-state index contributed by atoms with van der Waals surface area (Å²) in [6.45, 7) is 5.66. The summed E-state index contributed by atoms with van der Waals surface area (Å²) >= 11 is 0. The summed E-state index contributed by atoms with van der Waals surface area (Å²) in [5.41, 5.74) is 0. The van der Waals surface area contributed by atoms with Crippen LogP contribution in [0.5, 0.6) is 0 Å². The van der Waals surface area contributed by atoms with Gasteiger partial charge in [0.2, 0.25) is 5.91 Å². The van der Waals surface area contributed by atoms with Crippen LogP contribution in [0.3, 0.4) is 0 Å². The molecule has 3 fully saturated rings. The maximum Gasteiger partial charge on any atom is 0.223 e. The Balaban J connectivity index is 1.53. The summed E-state index contributed by atoms with van der Waals surface area (Å²) in [6, 6.07) is 0.588. The molecular formula is C17H30N2O5S. The van der Waals surface area contributed by atoms with Gasteiger partial charge in [0.15, 0.2) is 0 Å². The van der Waals surface area contributed by atoms with Crippen LogP contribution >= 0.6 is 0 Å². The lowest BCUT2D eigenvalue weighted by Crippen LogP contribution is -2.50. The minimum absolute atomic E-state index is 0.0702. The van der Waals surface area contributed by atoms with Crippen molar-refractivity contribution in [3.63, 3.8) is 0 Å². The number of carbonyl (C=O) groups excluding carboxylic acids is 1. The SMILES string of the molecule is CS(=O)(=O)CCC(=O)N1CCC2CN(C3CCOCC3)CCOC2C1. The maximum absolute atomic E-state index is 12.3. The third-order valence-electron chi connectivity index (χ3n) is 5.62. The molecule has 1 amide bonds. The van der Waals surface area contributed by atoms with Gasteiger partial charge >= 0.3 is 0 Å². The van der Waals surface area contributed by atoms with Crippen LogP contribution in [0.15, 0.2) is 0 Å². The van der Waals surface area contributed by atoms with Crippen LogP contribution in [0.1, 0.15) is 25.7 Å². The van der Waals surface area contributed by atoms with Crippen molar-refractivity contribution < 1.29 is 22.7 Å². The van der Waals surface area contributed by atoms with E-state index in [0.29, 0.717) is 31.7 Å². The lowest BCUT2D eigenvalue weighted by Gasteiger charge is -2.39. The average molecular weight is 375 g/mol. The molecular weight excluding hydrogens is 344 g/mol. The van der Waals surface area contributed by atoms with Crippen molar-refractivity contribution in [2.45, 2.75) is 37.8 Å². The summed E-state index contributed by atoms with van der Waals surface area (Å²) < 4.78 is 34.1. The Morgan fingerprint density at radius 1 is 1.08 bits per heavy atom. The van der Waals surface area contributed by atoms with Gasteiger partial charge in [-0.05, 0) is 19.3 Å². The van der Waals surface area contributed by atoms with Crippen molar-refractivity contribution in [2.75, 3.05) is 58.0 Å². The fourth-order valence-corrected chi connectivity index (χ4v) is 4.66. The van der Waals surface area contributed by atoms with Crippen molar-refractivity contribution in [2.24, 2.45) is 5.92 Å². The maximum atomic E-state index is 12.3. The number of sulfone groups is 1. The summed E-state index contributed by atoms with van der Waals surface area (Å²) in [4.78, 5) is 16.6. The second-order valence-corrected chi connectivity index (χ2v) is 9.78. The number of ether oxygens (including phenoxy) is 2. The van der Waals surface area contributed by atoms with E-state index in [1.807, 2.05) is 0 Å². The molecule has 0 aromatic carbocycles. The van der Waals surface area contributed by atoms with E-state index in [-0.39, 0.29) is 24.2 Å². The van der Waals surface area contributed by atoms with Crippen molar-refractivity contribution in [3.8, 4) is 0 Å². The van der Waals surface area contributed by atoms with Gasteiger partial charge in [0.1, 0.15) is 9.84 Å². The summed E-state index contributed by atoms with van der Waals surface area (Å²) in [5.74, 6) is 0.303. The molecule has 0 spiro atoms. The molecule has 144 valence electrons. The van der Waals surface area contributed by atoms with Crippen molar-refractivity contribution in [1.82, 2.24) is 9.80 Å². The molecule has 25 heavy (non-hydrogen) atoms. The molecule has 0 saturated carbocycles. The van der Waals surface area contributed by atoms with Crippen LogP contribution in [0, 0.1) is 5.92 Å². The van der Waals surface area contributed by atoms with E-state index in [2.05, 4.69) is 4.90 Å². The molecule has 3 rings (SSSR count). The van der Waals surface area contributed by atoms with Crippen LogP contribution in [0.25, 0.3) is 0 Å². The Morgan fingerprint density at radius 3 is 2.56 bits per heavy atom. The summed E-state index contributed by atoms with van der Waals surface area (Å²) in [6.07, 6.45) is 4.42. The van der Waals surface area contributed by atoms with Crippen molar-refractivity contribution in [1.29, 1.82) is 0 Å². The first-order chi connectivity index (χ1) is 11.9. The van der Waals surface area contributed by atoms with Crippen LogP contribution in [-0.2, 0) is 24.1 Å². The topological polar surface area (TPSA) is 76.2 Å². The zero-order valence-corrected chi connectivity index (χ0v) is 15.9. The molecule has 0 aromatic rings. The molecule has 3 aliphatic rings. The molecule has 0 bridgehead atoms. The van der Waals surface area contributed by atoms with Crippen LogP contribution in [-0.4, -0.2) is 94.3 Å². The highest BCUT2D eigenvalue weighted by atomic mass is 32.2. The first kappa shape index (κ1) is 19.1. The number of nitrogens with zero attached hydrogens (tertiary/aromatic N) is 2. The van der Waals surface area contributed by atoms with E-state index < -0.39 is 9.84 Å². The first-order valence-corrected chi connectivity index (χ1v) is 11.4. The number of hydrogen-bond donors (Lipinski definition) is 0. The van der Waals surface area contributed by atoms with Gasteiger partial charge in [0, 0.05) is 64.0 Å². The second-order valence-electron chi connectivity index (χ2n) is 7.52. The lowest BCUT2D eigenvalue weighted by molar-refractivity contribution is -0.136. The normalized spacial score (nSPS) is 29.9. The zero-order chi connectivity index (χ0) is 17.9. The Bertz CT molecular complexity index is 561. The van der Waals surface area contributed by atoms with E-state index in [1.165, 1.54) is 6.26 Å². The number of piperidine rings is 1. The van der Waals surface area contributed by atoms with Gasteiger partial charge in [-0.15, -0.1) is 0 Å². The fraction of sp³-hybridized carbons (Fsp3) is 0.941. The van der Waals surface area contributed by atoms with Gasteiger partial charge in [-0.25, -0.2) is 8.42 Å². The predicted octanol–water partition coefficient (Wildman–Crippen LogP) is 0.149. The molecule has 2 atom stereocenters. The van der Waals surface area contributed by atoms with Crippen LogP contribution < -0.4 is 0 Å². The number of rotatable bonds is 4. The Hall–Kier alpha value is -0.700. The summed E-state index contributed by atoms with van der Waals surface area (Å²) in [7, 11) is -3.10. The van der Waals surface area contributed by atoms with Gasteiger partial charge in [0.05, 0.1) is 18.5 Å². The molecule has 0 radical (unpaired) electrons. The minimum atomic E-state index is -3.10. The average Bonchev–Trinajstić information content (AvgIpc) is 2.81. The molecule has 2 unspecified atom stereocenters. The third-order valence-corrected chi connectivity index (χ3v) is 6.57. The van der Waals surface area contributed by atoms with Crippen molar-refractivity contribution >= 4 is 15.7 Å². The highest BCUT2D eigenvalue weighted by Gasteiger charge is 2.36. The Kier molecular flexibility index (Phi) is 6.35. The van der Waals surface area contributed by atoms with Crippen LogP contribution in [0.4, 0.5) is 0 Å². The molecule has 7 nitrogen and oxygen atoms in total. The van der Waals surface area contributed by atoms with Gasteiger partial charge < -0.3 is 14.4 Å². The quantitative estimate of drug-likeness (QED) is 0.697. The summed E-state index contributed by atoms with van der Waals surface area (Å²) in [5, 5.41) is 0. The van der Waals surface area contributed by atoms with Crippen molar-refractivity contribution in [3.05, 3.63) is 0 Å². The van der Waals surface area contributed by atoms with Crippen LogP contribution in [0.2, 0.25) is 0 Å². The van der Waals surface area contributed by atoms with Gasteiger partial charge in [0.25, 0.3) is 0 Å². The van der Waals surface area contributed by atoms with E-state index in [0.717, 1.165) is 45.6 Å². The highest BCUT2D eigenvalue weighted by Crippen LogP contribution is 2.27. The molecule has 0 aliphatic carbocycles. The predicted molar refractivity (Wildman–Crippen MR) is 94.2 cm³/mol. The van der Waals surface area contributed by atoms with E-state index in [1.54, 1.807) is 4.90 Å². The molecule has 3 saturated heterocycles. The molecule has 3 heterocycles. The number of fused-ring (bicyclic) bond motifs is 1. The van der Waals surface area contributed by atoms with E-state index in [4.69, 9.17) is 9.47 Å². The number of carbonyl (C=O) groups is 1. The van der Waals surface area contributed by atoms with Gasteiger partial charge in [-0.3, -0.25) is 9.69 Å². The monoisotopic (exact) mass is 374 g/mol. The molecule has 8 heteroatoms. The minimum Gasteiger partial charge on any atom is -0.381 e. The second kappa shape index (κ2) is 8.33. The third kappa shape index (κ3) is 5.39. The number of amides is 1. The Morgan fingerprint density at radius 2 is 1.84 bits per heavy atom. The molecule has 0 N–H and O–H groups in total. The first-order valence-electron chi connectivity index (χ1n) is 9.31. The fourth-order valence-electron chi connectivity index (χ4n) is 4.12. The standard InChI is InChI=1S/C17H30N2O5S/c1-25(21,22)11-5-17(20)19-6-2-14-12-18(7-10-24-16(14)13-19)15-3-8-23-9-4-15/h14-16H,2-13H2,1H3. The molecule has 0 aromatic heterocycles. The zero-order valence-electron chi connectivity index (χ0n) is 15.1. The number of likely N-dealkylation sites (tertiary alicyclic amines) is 1. The van der Waals surface area contributed by atoms with E-state index in [9.17, 15) is 13.2 Å². The largest absolute Gasteiger partial charge is 0.381 e. The van der Waals surface area contributed by atoms with Gasteiger partial charge in [-0.1, -0.05) is 0 Å². The highest BCUT2D eigenvalue weighted by molar-refractivity contribution is 7.90. The molecule has 3 aliphatic heterocycles. The van der Waals surface area contributed by atoms with E-state index >= 15 is 0 Å². The number of hydrogen-bond acceptors (Lipinski definition) is 6.